The Morgan fingerprint density at radius 1 is 1.13 bits per heavy atom. The summed E-state index contributed by atoms with van der Waals surface area (Å²) in [7, 11) is 0. The van der Waals surface area contributed by atoms with Gasteiger partial charge in [0.1, 0.15) is 0 Å². The molecule has 5 nitrogen and oxygen atoms in total. The number of hydrogen-bond donors (Lipinski definition) is 1. The van der Waals surface area contributed by atoms with Crippen molar-refractivity contribution in [3.63, 3.8) is 0 Å². The van der Waals surface area contributed by atoms with E-state index in [1.165, 1.54) is 16.3 Å². The van der Waals surface area contributed by atoms with Crippen LogP contribution in [0.25, 0.3) is 16.6 Å². The Morgan fingerprint density at radius 3 is 2.74 bits per heavy atom. The lowest BCUT2D eigenvalue weighted by atomic mass is 10.2. The fourth-order valence-electron chi connectivity index (χ4n) is 2.85. The number of hydrogen-bond acceptors (Lipinski definition) is 4. The second kappa shape index (κ2) is 5.26. The average molecular weight is 347 g/mol. The van der Waals surface area contributed by atoms with E-state index in [2.05, 4.69) is 0 Å². The van der Waals surface area contributed by atoms with Crippen molar-refractivity contribution in [2.24, 2.45) is 0 Å². The molecular formula is C16H11ClN2O3S. The molecule has 2 heterocycles. The predicted octanol–water partition coefficient (Wildman–Crippen LogP) is 2.26. The van der Waals surface area contributed by atoms with Crippen LogP contribution in [0.3, 0.4) is 0 Å². The topological polar surface area (TPSA) is 64.2 Å². The fourth-order valence-corrected chi connectivity index (χ4v) is 4.09. The first-order chi connectivity index (χ1) is 11.1. The summed E-state index contributed by atoms with van der Waals surface area (Å²) < 4.78 is 2.58. The minimum absolute atomic E-state index is 0.0408. The van der Waals surface area contributed by atoms with Gasteiger partial charge in [0.05, 0.1) is 29.7 Å². The predicted molar refractivity (Wildman–Crippen MR) is 90.0 cm³/mol. The molecule has 0 saturated carbocycles. The highest BCUT2D eigenvalue weighted by molar-refractivity contribution is 7.99. The van der Waals surface area contributed by atoms with Gasteiger partial charge in [-0.1, -0.05) is 29.4 Å². The molecule has 1 aliphatic heterocycles. The van der Waals surface area contributed by atoms with Crippen molar-refractivity contribution in [2.75, 3.05) is 6.61 Å². The van der Waals surface area contributed by atoms with Crippen LogP contribution in [0.2, 0.25) is 5.02 Å². The molecule has 0 aliphatic carbocycles. The van der Waals surface area contributed by atoms with E-state index in [0.29, 0.717) is 21.6 Å². The normalized spacial score (nSPS) is 12.4. The molecular weight excluding hydrogens is 336 g/mol. The standard InChI is InChI=1S/C16H11ClN2O3S/c17-9-4-5-12-11(8-9)19-14-10(2-1-3-13(14)23-12)15(21)18(6-7-20)16(19)22/h1-5,8,20H,6-7H2. The largest absolute Gasteiger partial charge is 0.395 e. The fraction of sp³-hybridized carbons (Fsp3) is 0.125. The van der Waals surface area contributed by atoms with Crippen molar-refractivity contribution in [2.45, 2.75) is 16.3 Å². The van der Waals surface area contributed by atoms with Crippen molar-refractivity contribution in [3.8, 4) is 5.69 Å². The van der Waals surface area contributed by atoms with Gasteiger partial charge < -0.3 is 5.11 Å². The smallest absolute Gasteiger partial charge is 0.336 e. The van der Waals surface area contributed by atoms with Gasteiger partial charge in [-0.05, 0) is 30.3 Å². The van der Waals surface area contributed by atoms with Crippen LogP contribution in [-0.4, -0.2) is 20.8 Å². The number of aliphatic hydroxyl groups excluding tert-OH is 1. The van der Waals surface area contributed by atoms with Crippen LogP contribution in [0, 0.1) is 0 Å². The molecule has 3 aromatic rings. The minimum atomic E-state index is -0.465. The molecule has 116 valence electrons. The summed E-state index contributed by atoms with van der Waals surface area (Å²) >= 11 is 7.59. The zero-order valence-electron chi connectivity index (χ0n) is 11.8. The molecule has 0 radical (unpaired) electrons. The summed E-state index contributed by atoms with van der Waals surface area (Å²) in [6.07, 6.45) is 0. The van der Waals surface area contributed by atoms with E-state index < -0.39 is 5.69 Å². The molecule has 1 aliphatic rings. The van der Waals surface area contributed by atoms with Crippen LogP contribution >= 0.6 is 23.4 Å². The second-order valence-electron chi connectivity index (χ2n) is 5.16. The van der Waals surface area contributed by atoms with Gasteiger partial charge in [0, 0.05) is 14.8 Å². The van der Waals surface area contributed by atoms with Gasteiger partial charge >= 0.3 is 5.69 Å². The first kappa shape index (κ1) is 14.6. The highest BCUT2D eigenvalue weighted by atomic mass is 35.5. The zero-order chi connectivity index (χ0) is 16.1. The minimum Gasteiger partial charge on any atom is -0.395 e. The molecule has 0 spiro atoms. The lowest BCUT2D eigenvalue weighted by Gasteiger charge is -2.22. The maximum absolute atomic E-state index is 12.8. The molecule has 4 rings (SSSR count). The average Bonchev–Trinajstić information content (AvgIpc) is 2.55. The number of fused-ring (bicyclic) bond motifs is 2. The molecule has 0 bridgehead atoms. The van der Waals surface area contributed by atoms with Gasteiger partial charge in [0.15, 0.2) is 0 Å². The summed E-state index contributed by atoms with van der Waals surface area (Å²) in [6.45, 7) is -0.321. The maximum atomic E-state index is 12.8. The van der Waals surface area contributed by atoms with E-state index in [4.69, 9.17) is 11.6 Å². The van der Waals surface area contributed by atoms with Crippen LogP contribution in [-0.2, 0) is 6.54 Å². The van der Waals surface area contributed by atoms with E-state index in [-0.39, 0.29) is 18.7 Å². The van der Waals surface area contributed by atoms with Crippen LogP contribution in [0.1, 0.15) is 0 Å². The molecule has 0 saturated heterocycles. The van der Waals surface area contributed by atoms with E-state index in [1.807, 2.05) is 12.1 Å². The van der Waals surface area contributed by atoms with Gasteiger partial charge in [-0.3, -0.25) is 13.9 Å². The highest BCUT2D eigenvalue weighted by Gasteiger charge is 2.23. The Hall–Kier alpha value is -2.02. The Kier molecular flexibility index (Phi) is 3.33. The number of nitrogens with zero attached hydrogens (tertiary/aromatic N) is 2. The molecule has 23 heavy (non-hydrogen) atoms. The van der Waals surface area contributed by atoms with Crippen LogP contribution in [0.15, 0.2) is 55.8 Å². The van der Waals surface area contributed by atoms with Gasteiger partial charge in [-0.2, -0.15) is 0 Å². The van der Waals surface area contributed by atoms with E-state index in [9.17, 15) is 14.7 Å². The molecule has 7 heteroatoms. The van der Waals surface area contributed by atoms with Gasteiger partial charge in [-0.15, -0.1) is 0 Å². The first-order valence-corrected chi connectivity index (χ1v) is 8.18. The lowest BCUT2D eigenvalue weighted by molar-refractivity contribution is 0.271. The summed E-state index contributed by atoms with van der Waals surface area (Å²) in [6, 6.07) is 10.7. The Labute approximate surface area is 139 Å². The summed E-state index contributed by atoms with van der Waals surface area (Å²) in [5, 5.41) is 10.1. The van der Waals surface area contributed by atoms with Gasteiger partial charge in [-0.25, -0.2) is 4.79 Å². The molecule has 0 fully saturated rings. The Morgan fingerprint density at radius 2 is 1.96 bits per heavy atom. The number of halogens is 1. The van der Waals surface area contributed by atoms with Crippen molar-refractivity contribution in [1.29, 1.82) is 0 Å². The summed E-state index contributed by atoms with van der Waals surface area (Å²) in [4.78, 5) is 27.2. The molecule has 1 aromatic heterocycles. The zero-order valence-corrected chi connectivity index (χ0v) is 13.4. The van der Waals surface area contributed by atoms with Crippen LogP contribution < -0.4 is 11.2 Å². The molecule has 0 amide bonds. The molecule has 1 N–H and O–H groups in total. The maximum Gasteiger partial charge on any atom is 0.336 e. The molecule has 0 unspecified atom stereocenters. The van der Waals surface area contributed by atoms with Crippen molar-refractivity contribution in [3.05, 3.63) is 62.3 Å². The quantitative estimate of drug-likeness (QED) is 0.604. The van der Waals surface area contributed by atoms with Crippen LogP contribution in [0.4, 0.5) is 0 Å². The number of aliphatic hydroxyl groups is 1. The second-order valence-corrected chi connectivity index (χ2v) is 6.69. The van der Waals surface area contributed by atoms with Crippen molar-refractivity contribution < 1.29 is 5.11 Å². The van der Waals surface area contributed by atoms with Gasteiger partial charge in [0.2, 0.25) is 0 Å². The third kappa shape index (κ3) is 2.06. The SMILES string of the molecule is O=c1c2cccc3c2n(c(=O)n1CCO)-c1cc(Cl)ccc1S3. The Bertz CT molecular complexity index is 1070. The molecule has 0 atom stereocenters. The number of rotatable bonds is 2. The number of para-hydroxylation sites is 1. The number of aromatic nitrogens is 2. The summed E-state index contributed by atoms with van der Waals surface area (Å²) in [5.74, 6) is 0. The van der Waals surface area contributed by atoms with Crippen LogP contribution in [0.5, 0.6) is 0 Å². The Balaban J connectivity index is 2.25. The lowest BCUT2D eigenvalue weighted by Crippen LogP contribution is -2.41. The van der Waals surface area contributed by atoms with E-state index in [1.54, 1.807) is 24.3 Å². The van der Waals surface area contributed by atoms with Gasteiger partial charge in [0.25, 0.3) is 5.56 Å². The van der Waals surface area contributed by atoms with Crippen molar-refractivity contribution >= 4 is 34.3 Å². The molecule has 2 aromatic carbocycles. The van der Waals surface area contributed by atoms with E-state index >= 15 is 0 Å². The highest BCUT2D eigenvalue weighted by Crippen LogP contribution is 2.41. The monoisotopic (exact) mass is 346 g/mol. The summed E-state index contributed by atoms with van der Waals surface area (Å²) in [5.41, 5.74) is 0.399. The van der Waals surface area contributed by atoms with E-state index in [0.717, 1.165) is 14.4 Å². The van der Waals surface area contributed by atoms with Crippen molar-refractivity contribution in [1.82, 2.24) is 9.13 Å². The third-order valence-corrected chi connectivity index (χ3v) is 5.18. The third-order valence-electron chi connectivity index (χ3n) is 3.83. The number of benzene rings is 2. The first-order valence-electron chi connectivity index (χ1n) is 6.99.